The van der Waals surface area contributed by atoms with Gasteiger partial charge in [0.15, 0.2) is 5.69 Å². The molecule has 3 rings (SSSR count). The van der Waals surface area contributed by atoms with Crippen LogP contribution in [-0.2, 0) is 11.3 Å². The third-order valence-electron chi connectivity index (χ3n) is 4.39. The second-order valence-corrected chi connectivity index (χ2v) is 7.05. The van der Waals surface area contributed by atoms with Gasteiger partial charge in [-0.15, -0.1) is 0 Å². The molecule has 0 aromatic carbocycles. The zero-order valence-electron chi connectivity index (χ0n) is 14.6. The molecule has 1 fully saturated rings. The Balaban J connectivity index is 1.70. The molecular weight excluding hydrogens is 394 g/mol. The van der Waals surface area contributed by atoms with Gasteiger partial charge in [-0.05, 0) is 52.2 Å². The summed E-state index contributed by atoms with van der Waals surface area (Å²) in [7, 11) is 0. The second kappa shape index (κ2) is 9.62. The number of aromatic nitrogens is 2. The highest BCUT2D eigenvalue weighted by atomic mass is 79.9. The van der Waals surface area contributed by atoms with Crippen LogP contribution in [0, 0.1) is 11.3 Å². The van der Waals surface area contributed by atoms with Crippen LogP contribution >= 0.6 is 15.9 Å². The lowest BCUT2D eigenvalue weighted by Gasteiger charge is -2.29. The van der Waals surface area contributed by atoms with E-state index in [1.54, 1.807) is 12.4 Å². The minimum Gasteiger partial charge on any atom is -0.379 e. The summed E-state index contributed by atoms with van der Waals surface area (Å²) in [6.07, 6.45) is 4.64. The lowest BCUT2D eigenvalue weighted by atomic mass is 10.2. The van der Waals surface area contributed by atoms with Gasteiger partial charge in [-0.1, -0.05) is 0 Å². The third kappa shape index (κ3) is 5.24. The highest BCUT2D eigenvalue weighted by Gasteiger charge is 2.14. The Bertz CT molecular complexity index is 743. The number of nitriles is 1. The molecule has 0 atom stereocenters. The van der Waals surface area contributed by atoms with Crippen LogP contribution in [0.4, 0.5) is 5.82 Å². The predicted octanol–water partition coefficient (Wildman–Crippen LogP) is 2.84. The van der Waals surface area contributed by atoms with Gasteiger partial charge in [0.05, 0.1) is 17.7 Å². The first-order valence-corrected chi connectivity index (χ1v) is 9.56. The molecule has 6 nitrogen and oxygen atoms in total. The molecule has 136 valence electrons. The van der Waals surface area contributed by atoms with Crippen molar-refractivity contribution < 1.29 is 4.74 Å². The Morgan fingerprint density at radius 1 is 1.19 bits per heavy atom. The van der Waals surface area contributed by atoms with E-state index in [-0.39, 0.29) is 0 Å². The molecule has 2 aromatic heterocycles. The number of hydrogen-bond acceptors (Lipinski definition) is 6. The number of morpholine rings is 1. The molecule has 3 heterocycles. The summed E-state index contributed by atoms with van der Waals surface area (Å²) in [5.74, 6) is 0.823. The van der Waals surface area contributed by atoms with Crippen molar-refractivity contribution in [2.24, 2.45) is 0 Å². The first-order valence-electron chi connectivity index (χ1n) is 8.77. The smallest absolute Gasteiger partial charge is 0.157 e. The van der Waals surface area contributed by atoms with Gasteiger partial charge >= 0.3 is 0 Å². The lowest BCUT2D eigenvalue weighted by molar-refractivity contribution is 0.0376. The zero-order valence-corrected chi connectivity index (χ0v) is 16.2. The maximum atomic E-state index is 9.27. The molecule has 1 aliphatic rings. The standard InChI is InChI=1S/C19H22BrN5O/c20-17-2-3-19(23-18(17)14-21)25(15-16-4-6-22-7-5-16)9-1-8-24-10-12-26-13-11-24/h2-7H,1,8-13,15H2. The molecule has 0 saturated carbocycles. The highest BCUT2D eigenvalue weighted by molar-refractivity contribution is 9.10. The summed E-state index contributed by atoms with van der Waals surface area (Å²) in [6, 6.07) is 10.0. The van der Waals surface area contributed by atoms with Gasteiger partial charge in [-0.3, -0.25) is 9.88 Å². The van der Waals surface area contributed by atoms with Gasteiger partial charge in [-0.2, -0.15) is 5.26 Å². The second-order valence-electron chi connectivity index (χ2n) is 6.20. The molecular formula is C19H22BrN5O. The van der Waals surface area contributed by atoms with E-state index in [4.69, 9.17) is 4.74 Å². The van der Waals surface area contributed by atoms with E-state index in [9.17, 15) is 5.26 Å². The number of halogens is 1. The Morgan fingerprint density at radius 3 is 2.69 bits per heavy atom. The van der Waals surface area contributed by atoms with Gasteiger partial charge in [0.25, 0.3) is 0 Å². The molecule has 0 N–H and O–H groups in total. The molecule has 0 aliphatic carbocycles. The van der Waals surface area contributed by atoms with E-state index in [0.717, 1.165) is 62.6 Å². The van der Waals surface area contributed by atoms with E-state index in [2.05, 4.69) is 41.8 Å². The van der Waals surface area contributed by atoms with Gasteiger partial charge in [0, 0.05) is 45.1 Å². The first-order chi connectivity index (χ1) is 12.8. The Hall–Kier alpha value is -2.01. The number of ether oxygens (including phenoxy) is 1. The fourth-order valence-electron chi connectivity index (χ4n) is 2.98. The molecule has 1 aliphatic heterocycles. The molecule has 0 unspecified atom stereocenters. The molecule has 0 radical (unpaired) electrons. The maximum Gasteiger partial charge on any atom is 0.157 e. The van der Waals surface area contributed by atoms with Crippen molar-refractivity contribution in [2.45, 2.75) is 13.0 Å². The summed E-state index contributed by atoms with van der Waals surface area (Å²) < 4.78 is 6.13. The fraction of sp³-hybridized carbons (Fsp3) is 0.421. The van der Waals surface area contributed by atoms with Gasteiger partial charge < -0.3 is 9.64 Å². The fourth-order valence-corrected chi connectivity index (χ4v) is 3.29. The number of anilines is 1. The summed E-state index contributed by atoms with van der Waals surface area (Å²) in [5.41, 5.74) is 1.59. The van der Waals surface area contributed by atoms with E-state index >= 15 is 0 Å². The van der Waals surface area contributed by atoms with Crippen LogP contribution < -0.4 is 4.90 Å². The van der Waals surface area contributed by atoms with E-state index < -0.39 is 0 Å². The third-order valence-corrected chi connectivity index (χ3v) is 5.03. The summed E-state index contributed by atoms with van der Waals surface area (Å²) in [6.45, 7) is 6.29. The Kier molecular flexibility index (Phi) is 6.95. The van der Waals surface area contributed by atoms with Crippen LogP contribution in [0.3, 0.4) is 0 Å². The quantitative estimate of drug-likeness (QED) is 0.692. The number of rotatable bonds is 7. The average Bonchev–Trinajstić information content (AvgIpc) is 2.69. The highest BCUT2D eigenvalue weighted by Crippen LogP contribution is 2.21. The van der Waals surface area contributed by atoms with Crippen LogP contribution in [0.5, 0.6) is 0 Å². The van der Waals surface area contributed by atoms with Crippen LogP contribution in [0.25, 0.3) is 0 Å². The van der Waals surface area contributed by atoms with Crippen molar-refractivity contribution in [1.29, 1.82) is 5.26 Å². The van der Waals surface area contributed by atoms with Crippen molar-refractivity contribution in [3.05, 3.63) is 52.4 Å². The number of hydrogen-bond donors (Lipinski definition) is 0. The molecule has 0 spiro atoms. The van der Waals surface area contributed by atoms with Crippen LogP contribution in [0.1, 0.15) is 17.7 Å². The molecule has 7 heteroatoms. The average molecular weight is 416 g/mol. The maximum absolute atomic E-state index is 9.27. The molecule has 26 heavy (non-hydrogen) atoms. The Morgan fingerprint density at radius 2 is 1.96 bits per heavy atom. The number of nitrogens with zero attached hydrogens (tertiary/aromatic N) is 5. The number of pyridine rings is 2. The van der Waals surface area contributed by atoms with E-state index in [1.165, 1.54) is 5.56 Å². The lowest BCUT2D eigenvalue weighted by Crippen LogP contribution is -2.38. The van der Waals surface area contributed by atoms with Crippen molar-refractivity contribution in [2.75, 3.05) is 44.3 Å². The topological polar surface area (TPSA) is 65.3 Å². The molecule has 1 saturated heterocycles. The van der Waals surface area contributed by atoms with Crippen molar-refractivity contribution in [1.82, 2.24) is 14.9 Å². The van der Waals surface area contributed by atoms with Crippen LogP contribution in [-0.4, -0.2) is 54.3 Å². The normalized spacial score (nSPS) is 14.8. The monoisotopic (exact) mass is 415 g/mol. The van der Waals surface area contributed by atoms with Crippen molar-refractivity contribution in [3.8, 4) is 6.07 Å². The summed E-state index contributed by atoms with van der Waals surface area (Å²) in [5, 5.41) is 9.27. The SMILES string of the molecule is N#Cc1nc(N(CCCN2CCOCC2)Cc2ccncc2)ccc1Br. The van der Waals surface area contributed by atoms with Crippen molar-refractivity contribution in [3.63, 3.8) is 0 Å². The van der Waals surface area contributed by atoms with Crippen LogP contribution in [0.15, 0.2) is 41.1 Å². The largest absolute Gasteiger partial charge is 0.379 e. The van der Waals surface area contributed by atoms with Gasteiger partial charge in [0.1, 0.15) is 11.9 Å². The Labute approximate surface area is 162 Å². The predicted molar refractivity (Wildman–Crippen MR) is 104 cm³/mol. The van der Waals surface area contributed by atoms with Crippen LogP contribution in [0.2, 0.25) is 0 Å². The minimum atomic E-state index is 0.412. The summed E-state index contributed by atoms with van der Waals surface area (Å²) in [4.78, 5) is 13.3. The molecule has 0 bridgehead atoms. The molecule has 2 aromatic rings. The van der Waals surface area contributed by atoms with E-state index in [1.807, 2.05) is 24.3 Å². The zero-order chi connectivity index (χ0) is 18.2. The van der Waals surface area contributed by atoms with Gasteiger partial charge in [-0.25, -0.2) is 4.98 Å². The summed E-state index contributed by atoms with van der Waals surface area (Å²) >= 11 is 3.38. The van der Waals surface area contributed by atoms with Gasteiger partial charge in [0.2, 0.25) is 0 Å². The molecule has 0 amide bonds. The first kappa shape index (κ1) is 18.8. The van der Waals surface area contributed by atoms with Crippen molar-refractivity contribution >= 4 is 21.7 Å². The van der Waals surface area contributed by atoms with E-state index in [0.29, 0.717) is 5.69 Å². The minimum absolute atomic E-state index is 0.412.